The van der Waals surface area contributed by atoms with Crippen molar-refractivity contribution in [3.05, 3.63) is 0 Å². The third kappa shape index (κ3) is 2.76. The Morgan fingerprint density at radius 2 is 2.06 bits per heavy atom. The molecule has 2 fully saturated rings. The van der Waals surface area contributed by atoms with Crippen molar-refractivity contribution in [3.8, 4) is 0 Å². The standard InChI is InChI=1S/C13H27N3/c1-3-15(4-2)13-7-9-16(11-13)12-6-5-8-14-10-12/h12-14H,3-11H2,1-2H3. The molecule has 0 spiro atoms. The van der Waals surface area contributed by atoms with Crippen LogP contribution in [0.1, 0.15) is 33.1 Å². The Hall–Kier alpha value is -0.120. The van der Waals surface area contributed by atoms with E-state index in [2.05, 4.69) is 29.0 Å². The van der Waals surface area contributed by atoms with Gasteiger partial charge in [0.25, 0.3) is 0 Å². The van der Waals surface area contributed by atoms with Crippen LogP contribution in [0.3, 0.4) is 0 Å². The van der Waals surface area contributed by atoms with Crippen molar-refractivity contribution in [1.82, 2.24) is 15.1 Å². The molecule has 2 atom stereocenters. The van der Waals surface area contributed by atoms with Gasteiger partial charge in [0.1, 0.15) is 0 Å². The molecule has 0 aromatic rings. The van der Waals surface area contributed by atoms with Crippen molar-refractivity contribution in [2.75, 3.05) is 39.3 Å². The van der Waals surface area contributed by atoms with Crippen LogP contribution in [0.4, 0.5) is 0 Å². The smallest absolute Gasteiger partial charge is 0.0235 e. The summed E-state index contributed by atoms with van der Waals surface area (Å²) in [7, 11) is 0. The Labute approximate surface area is 100 Å². The second kappa shape index (κ2) is 5.99. The van der Waals surface area contributed by atoms with Crippen LogP contribution in [0.2, 0.25) is 0 Å². The number of hydrogen-bond donors (Lipinski definition) is 1. The molecule has 2 heterocycles. The number of likely N-dealkylation sites (N-methyl/N-ethyl adjacent to an activating group) is 1. The number of likely N-dealkylation sites (tertiary alicyclic amines) is 1. The molecule has 0 aliphatic carbocycles. The van der Waals surface area contributed by atoms with Gasteiger partial charge in [-0.05, 0) is 38.9 Å². The van der Waals surface area contributed by atoms with E-state index in [0.29, 0.717) is 0 Å². The summed E-state index contributed by atoms with van der Waals surface area (Å²) in [5.74, 6) is 0. The number of hydrogen-bond acceptors (Lipinski definition) is 3. The zero-order chi connectivity index (χ0) is 11.4. The van der Waals surface area contributed by atoms with Crippen LogP contribution in [0, 0.1) is 0 Å². The molecule has 0 saturated carbocycles. The average molecular weight is 225 g/mol. The Bertz CT molecular complexity index is 197. The molecule has 0 radical (unpaired) electrons. The van der Waals surface area contributed by atoms with Crippen LogP contribution < -0.4 is 5.32 Å². The zero-order valence-electron chi connectivity index (χ0n) is 10.9. The van der Waals surface area contributed by atoms with Crippen molar-refractivity contribution >= 4 is 0 Å². The van der Waals surface area contributed by atoms with E-state index in [1.807, 2.05) is 0 Å². The second-order valence-corrected chi connectivity index (χ2v) is 5.16. The monoisotopic (exact) mass is 225 g/mol. The molecular weight excluding hydrogens is 198 g/mol. The van der Waals surface area contributed by atoms with E-state index >= 15 is 0 Å². The first-order valence-electron chi connectivity index (χ1n) is 7.04. The fourth-order valence-electron chi connectivity index (χ4n) is 3.28. The number of nitrogens with zero attached hydrogens (tertiary/aromatic N) is 2. The molecule has 2 saturated heterocycles. The van der Waals surface area contributed by atoms with Crippen molar-refractivity contribution < 1.29 is 0 Å². The van der Waals surface area contributed by atoms with E-state index in [-0.39, 0.29) is 0 Å². The second-order valence-electron chi connectivity index (χ2n) is 5.16. The molecule has 3 heteroatoms. The minimum Gasteiger partial charge on any atom is -0.315 e. The Balaban J connectivity index is 1.82. The average Bonchev–Trinajstić information content (AvgIpc) is 2.81. The Morgan fingerprint density at radius 3 is 2.69 bits per heavy atom. The van der Waals surface area contributed by atoms with E-state index < -0.39 is 0 Å². The molecule has 1 N–H and O–H groups in total. The summed E-state index contributed by atoms with van der Waals surface area (Å²) in [6.45, 7) is 12.0. The van der Waals surface area contributed by atoms with Crippen LogP contribution in [-0.4, -0.2) is 61.2 Å². The fourth-order valence-corrected chi connectivity index (χ4v) is 3.28. The maximum atomic E-state index is 3.53. The number of piperidine rings is 1. The van der Waals surface area contributed by atoms with Crippen LogP contribution >= 0.6 is 0 Å². The normalized spacial score (nSPS) is 32.4. The summed E-state index contributed by atoms with van der Waals surface area (Å²) >= 11 is 0. The minimum absolute atomic E-state index is 0.814. The SMILES string of the molecule is CCN(CC)C1CCN(C2CCCNC2)C1. The molecule has 0 aromatic carbocycles. The first kappa shape index (κ1) is 12.3. The molecule has 2 aliphatic rings. The lowest BCUT2D eigenvalue weighted by atomic mass is 10.1. The van der Waals surface area contributed by atoms with Crippen molar-refractivity contribution in [2.24, 2.45) is 0 Å². The van der Waals surface area contributed by atoms with E-state index in [1.165, 1.54) is 58.5 Å². The number of rotatable bonds is 4. The third-order valence-corrected chi connectivity index (χ3v) is 4.31. The van der Waals surface area contributed by atoms with Gasteiger partial charge in [0.2, 0.25) is 0 Å². The maximum Gasteiger partial charge on any atom is 0.0235 e. The summed E-state index contributed by atoms with van der Waals surface area (Å²) in [6, 6.07) is 1.63. The Morgan fingerprint density at radius 1 is 1.25 bits per heavy atom. The quantitative estimate of drug-likeness (QED) is 0.774. The summed E-state index contributed by atoms with van der Waals surface area (Å²) in [6.07, 6.45) is 4.13. The van der Waals surface area contributed by atoms with Gasteiger partial charge in [-0.1, -0.05) is 13.8 Å². The first-order chi connectivity index (χ1) is 7.85. The first-order valence-corrected chi connectivity index (χ1v) is 7.04. The molecular formula is C13H27N3. The van der Waals surface area contributed by atoms with Gasteiger partial charge in [0.15, 0.2) is 0 Å². The van der Waals surface area contributed by atoms with Crippen LogP contribution in [0.25, 0.3) is 0 Å². The van der Waals surface area contributed by atoms with Crippen LogP contribution in [0.15, 0.2) is 0 Å². The molecule has 0 aromatic heterocycles. The number of nitrogens with one attached hydrogen (secondary N) is 1. The maximum absolute atomic E-state index is 3.53. The highest BCUT2D eigenvalue weighted by molar-refractivity contribution is 4.88. The predicted octanol–water partition coefficient (Wildman–Crippen LogP) is 1.15. The van der Waals surface area contributed by atoms with Gasteiger partial charge < -0.3 is 5.32 Å². The van der Waals surface area contributed by atoms with E-state index in [4.69, 9.17) is 0 Å². The largest absolute Gasteiger partial charge is 0.315 e. The van der Waals surface area contributed by atoms with E-state index in [9.17, 15) is 0 Å². The predicted molar refractivity (Wildman–Crippen MR) is 68.8 cm³/mol. The van der Waals surface area contributed by atoms with Crippen LogP contribution in [-0.2, 0) is 0 Å². The van der Waals surface area contributed by atoms with Gasteiger partial charge in [0, 0.05) is 31.7 Å². The van der Waals surface area contributed by atoms with Gasteiger partial charge >= 0.3 is 0 Å². The van der Waals surface area contributed by atoms with Crippen molar-refractivity contribution in [2.45, 2.75) is 45.2 Å². The summed E-state index contributed by atoms with van der Waals surface area (Å²) in [5, 5.41) is 3.53. The highest BCUT2D eigenvalue weighted by Gasteiger charge is 2.30. The highest BCUT2D eigenvalue weighted by atomic mass is 15.3. The molecule has 2 aliphatic heterocycles. The van der Waals surface area contributed by atoms with Gasteiger partial charge in [0.05, 0.1) is 0 Å². The van der Waals surface area contributed by atoms with Gasteiger partial charge in [-0.15, -0.1) is 0 Å². The topological polar surface area (TPSA) is 18.5 Å². The van der Waals surface area contributed by atoms with E-state index in [1.54, 1.807) is 0 Å². The zero-order valence-corrected chi connectivity index (χ0v) is 10.9. The highest BCUT2D eigenvalue weighted by Crippen LogP contribution is 2.20. The van der Waals surface area contributed by atoms with Gasteiger partial charge in [-0.3, -0.25) is 9.80 Å². The van der Waals surface area contributed by atoms with Crippen molar-refractivity contribution in [1.29, 1.82) is 0 Å². The third-order valence-electron chi connectivity index (χ3n) is 4.31. The molecule has 16 heavy (non-hydrogen) atoms. The summed E-state index contributed by atoms with van der Waals surface area (Å²) in [5.41, 5.74) is 0. The molecule has 94 valence electrons. The summed E-state index contributed by atoms with van der Waals surface area (Å²) < 4.78 is 0. The van der Waals surface area contributed by atoms with Crippen LogP contribution in [0.5, 0.6) is 0 Å². The Kier molecular flexibility index (Phi) is 4.62. The van der Waals surface area contributed by atoms with Gasteiger partial charge in [-0.25, -0.2) is 0 Å². The lowest BCUT2D eigenvalue weighted by Crippen LogP contribution is -2.46. The minimum atomic E-state index is 0.814. The molecule has 2 rings (SSSR count). The fraction of sp³-hybridized carbons (Fsp3) is 1.00. The van der Waals surface area contributed by atoms with Gasteiger partial charge in [-0.2, -0.15) is 0 Å². The van der Waals surface area contributed by atoms with E-state index in [0.717, 1.165) is 12.1 Å². The summed E-state index contributed by atoms with van der Waals surface area (Å²) in [4.78, 5) is 5.34. The van der Waals surface area contributed by atoms with Crippen molar-refractivity contribution in [3.63, 3.8) is 0 Å². The lowest BCUT2D eigenvalue weighted by Gasteiger charge is -2.32. The lowest BCUT2D eigenvalue weighted by molar-refractivity contribution is 0.169. The molecule has 2 unspecified atom stereocenters. The molecule has 0 bridgehead atoms. The molecule has 3 nitrogen and oxygen atoms in total. The molecule has 0 amide bonds.